The molecular weight excluding hydrogens is 508 g/mol. The van der Waals surface area contributed by atoms with Crippen LogP contribution in [0.1, 0.15) is 64.2 Å². The van der Waals surface area contributed by atoms with Crippen molar-refractivity contribution in [2.24, 2.45) is 0 Å². The molecule has 210 valence electrons. The van der Waals surface area contributed by atoms with Gasteiger partial charge in [0, 0.05) is 12.4 Å². The monoisotopic (exact) mass is 544 g/mol. The van der Waals surface area contributed by atoms with Gasteiger partial charge in [-0.3, -0.25) is 19.2 Å². The summed E-state index contributed by atoms with van der Waals surface area (Å²) in [5.41, 5.74) is -14.1. The van der Waals surface area contributed by atoms with E-state index in [0.717, 1.165) is 18.2 Å². The van der Waals surface area contributed by atoms with Gasteiger partial charge in [0.1, 0.15) is 28.8 Å². The van der Waals surface area contributed by atoms with Gasteiger partial charge >= 0.3 is 11.8 Å². The van der Waals surface area contributed by atoms with E-state index >= 15 is 0 Å². The first-order valence-corrected chi connectivity index (χ1v) is 10.8. The SMILES string of the molecule is [2H]CC(=O)C1(Oc2ccc(O)c(C(=O)OC(C)(C)C)c2)O[C@H](CO)[C@](O)(C(=O)C[2H])[C@@](O)(C(=O)C[2H])[C@]1(O)C(=O)C[2H]. The lowest BCUT2D eigenvalue weighted by atomic mass is 9.57. The summed E-state index contributed by atoms with van der Waals surface area (Å²) in [5, 5.41) is 55.4. The number of carbonyl (C=O) groups excluding carboxylic acids is 5. The highest BCUT2D eigenvalue weighted by Crippen LogP contribution is 2.52. The first-order valence-electron chi connectivity index (χ1n) is 13.7. The second-order valence-corrected chi connectivity index (χ2v) is 9.57. The highest BCUT2D eigenvalue weighted by molar-refractivity contribution is 6.09. The highest BCUT2D eigenvalue weighted by Gasteiger charge is 2.85. The van der Waals surface area contributed by atoms with Crippen molar-refractivity contribution in [3.63, 3.8) is 0 Å². The molecule has 5 atom stereocenters. The van der Waals surface area contributed by atoms with Crippen LogP contribution in [-0.2, 0) is 28.7 Å². The average molecular weight is 545 g/mol. The predicted molar refractivity (Wildman–Crippen MR) is 126 cm³/mol. The third-order valence-electron chi connectivity index (χ3n) is 5.94. The van der Waals surface area contributed by atoms with E-state index in [2.05, 4.69) is 0 Å². The maximum absolute atomic E-state index is 13.4. The van der Waals surface area contributed by atoms with Gasteiger partial charge in [0.05, 0.1) is 6.61 Å². The summed E-state index contributed by atoms with van der Waals surface area (Å²) < 4.78 is 46.2. The Kier molecular flexibility index (Phi) is 6.48. The Balaban J connectivity index is 3.05. The Bertz CT molecular complexity index is 1270. The Morgan fingerprint density at radius 3 is 2.00 bits per heavy atom. The van der Waals surface area contributed by atoms with E-state index in [0.29, 0.717) is 0 Å². The summed E-state index contributed by atoms with van der Waals surface area (Å²) in [4.78, 5) is 65.4. The van der Waals surface area contributed by atoms with Crippen LogP contribution in [0.3, 0.4) is 0 Å². The summed E-state index contributed by atoms with van der Waals surface area (Å²) in [6, 6.07) is 2.42. The molecule has 0 radical (unpaired) electrons. The quantitative estimate of drug-likeness (QED) is 0.258. The number of benzene rings is 1. The number of ether oxygens (including phenoxy) is 3. The third kappa shape index (κ3) is 4.29. The molecule has 1 saturated heterocycles. The number of Topliss-reactive ketones (excluding diaryl/α,β-unsaturated/α-hetero) is 4. The van der Waals surface area contributed by atoms with E-state index < -0.39 is 115 Å². The minimum atomic E-state index is -4.28. The first-order chi connectivity index (χ1) is 19.3. The Morgan fingerprint density at radius 2 is 1.50 bits per heavy atom. The van der Waals surface area contributed by atoms with Crippen LogP contribution in [0.5, 0.6) is 11.5 Å². The van der Waals surface area contributed by atoms with Crippen LogP contribution in [0.15, 0.2) is 18.2 Å². The number of esters is 1. The third-order valence-corrected chi connectivity index (χ3v) is 5.94. The molecule has 1 unspecified atom stereocenters. The molecule has 13 heteroatoms. The van der Waals surface area contributed by atoms with Gasteiger partial charge < -0.3 is 39.7 Å². The standard InChI is InChI=1S/C25H32O13/c1-12(27)22(33)19(11-26)37-25(15(4)30,24(35,14(3)29)23(22,34)13(2)28)36-16-8-9-18(31)17(10-16)20(32)38-21(5,6)7/h8-10,19,26,31,33-35H,11H2,1-7H3/t19-,22-,23+,24-,25?/m1/s1/i1D,2D,3D,4D. The van der Waals surface area contributed by atoms with Crippen molar-refractivity contribution in [1.29, 1.82) is 0 Å². The molecular formula is C25H32O13. The second-order valence-electron chi connectivity index (χ2n) is 9.57. The fourth-order valence-electron chi connectivity index (χ4n) is 4.13. The Labute approximate surface area is 223 Å². The van der Waals surface area contributed by atoms with Crippen molar-refractivity contribution in [2.75, 3.05) is 6.61 Å². The summed E-state index contributed by atoms with van der Waals surface area (Å²) >= 11 is 0. The second kappa shape index (κ2) is 9.82. The molecule has 1 heterocycles. The minimum Gasteiger partial charge on any atom is -0.507 e. The topological polar surface area (TPSA) is 214 Å². The normalized spacial score (nSPS) is 32.7. The fraction of sp³-hybridized carbons (Fsp3) is 0.560. The van der Waals surface area contributed by atoms with E-state index in [-0.39, 0.29) is 0 Å². The number of hydrogen-bond donors (Lipinski definition) is 5. The van der Waals surface area contributed by atoms with Crippen molar-refractivity contribution in [2.45, 2.75) is 82.7 Å². The largest absolute Gasteiger partial charge is 0.507 e. The van der Waals surface area contributed by atoms with E-state index in [4.69, 9.17) is 19.7 Å². The van der Waals surface area contributed by atoms with Crippen LogP contribution >= 0.6 is 0 Å². The smallest absolute Gasteiger partial charge is 0.342 e. The molecule has 1 aliphatic rings. The predicted octanol–water partition coefficient (Wildman–Crippen LogP) is -0.637. The molecule has 2 rings (SSSR count). The number of aliphatic hydroxyl groups is 4. The van der Waals surface area contributed by atoms with Gasteiger partial charge in [-0.1, -0.05) is 0 Å². The number of phenolic OH excluding ortho intramolecular Hbond substituents is 1. The zero-order chi connectivity index (χ0) is 32.5. The lowest BCUT2D eigenvalue weighted by Crippen LogP contribution is -2.91. The molecule has 1 fully saturated rings. The van der Waals surface area contributed by atoms with Crippen molar-refractivity contribution < 1.29 is 69.2 Å². The summed E-state index contributed by atoms with van der Waals surface area (Å²) in [7, 11) is 0. The summed E-state index contributed by atoms with van der Waals surface area (Å²) in [6.45, 7) is -3.04. The van der Waals surface area contributed by atoms with Gasteiger partial charge in [0.2, 0.25) is 17.0 Å². The number of ketones is 4. The Morgan fingerprint density at radius 1 is 0.947 bits per heavy atom. The molecule has 1 aromatic carbocycles. The maximum atomic E-state index is 13.4. The van der Waals surface area contributed by atoms with Crippen LogP contribution in [0.4, 0.5) is 0 Å². The van der Waals surface area contributed by atoms with Gasteiger partial charge in [-0.25, -0.2) is 4.79 Å². The number of rotatable bonds is 8. The van der Waals surface area contributed by atoms with E-state index in [1.807, 2.05) is 0 Å². The number of hydrogen-bond acceptors (Lipinski definition) is 13. The lowest BCUT2D eigenvalue weighted by molar-refractivity contribution is -0.382. The van der Waals surface area contributed by atoms with Gasteiger partial charge in [0.25, 0.3) is 0 Å². The van der Waals surface area contributed by atoms with Crippen molar-refractivity contribution >= 4 is 29.1 Å². The number of carbonyl (C=O) groups is 5. The minimum absolute atomic E-state index is 0.598. The van der Waals surface area contributed by atoms with Crippen LogP contribution in [-0.4, -0.2) is 95.5 Å². The molecule has 0 amide bonds. The van der Waals surface area contributed by atoms with Gasteiger partial charge in [-0.2, -0.15) is 0 Å². The number of aromatic hydroxyl groups is 1. The first kappa shape index (κ1) is 25.1. The zero-order valence-corrected chi connectivity index (χ0v) is 20.8. The molecule has 13 nitrogen and oxygen atoms in total. The molecule has 0 bridgehead atoms. The van der Waals surface area contributed by atoms with Crippen LogP contribution in [0.25, 0.3) is 0 Å². The van der Waals surface area contributed by atoms with Crippen molar-refractivity contribution in [3.8, 4) is 11.5 Å². The van der Waals surface area contributed by atoms with Crippen LogP contribution in [0.2, 0.25) is 0 Å². The van der Waals surface area contributed by atoms with Crippen molar-refractivity contribution in [1.82, 2.24) is 0 Å². The fourth-order valence-corrected chi connectivity index (χ4v) is 4.13. The van der Waals surface area contributed by atoms with Gasteiger partial charge in [-0.05, 0) is 59.7 Å². The summed E-state index contributed by atoms with van der Waals surface area (Å²) in [6.07, 6.45) is -2.62. The number of phenols is 1. The molecule has 5 N–H and O–H groups in total. The Hall–Kier alpha value is -3.23. The average Bonchev–Trinajstić information content (AvgIpc) is 2.95. The van der Waals surface area contributed by atoms with Gasteiger partial charge in [-0.15, -0.1) is 0 Å². The molecule has 1 aromatic rings. The molecule has 0 aliphatic carbocycles. The van der Waals surface area contributed by atoms with Crippen LogP contribution in [0, 0.1) is 0 Å². The molecule has 0 spiro atoms. The molecule has 0 saturated carbocycles. The zero-order valence-electron chi connectivity index (χ0n) is 24.8. The molecule has 1 aliphatic heterocycles. The van der Waals surface area contributed by atoms with Gasteiger partial charge in [0.15, 0.2) is 23.0 Å². The van der Waals surface area contributed by atoms with Crippen molar-refractivity contribution in [3.05, 3.63) is 23.8 Å². The maximum Gasteiger partial charge on any atom is 0.342 e. The summed E-state index contributed by atoms with van der Waals surface area (Å²) in [5.74, 6) is -13.9. The lowest BCUT2D eigenvalue weighted by Gasteiger charge is -2.60. The van der Waals surface area contributed by atoms with E-state index in [1.54, 1.807) is 0 Å². The van der Waals surface area contributed by atoms with E-state index in [9.17, 15) is 49.5 Å². The molecule has 0 aromatic heterocycles. The molecule has 38 heavy (non-hydrogen) atoms. The number of aliphatic hydroxyl groups excluding tert-OH is 1. The van der Waals surface area contributed by atoms with Crippen LogP contribution < -0.4 is 4.74 Å². The van der Waals surface area contributed by atoms with E-state index in [1.165, 1.54) is 20.8 Å². The highest BCUT2D eigenvalue weighted by atomic mass is 16.7.